The zero-order valence-electron chi connectivity index (χ0n) is 14.4. The SMILES string of the molecule is CCCCCOc1c(Cl)cc(C(=O)Nc2ccc([N+](=O)[O-])cc2Br)cc1Cl. The van der Waals surface area contributed by atoms with E-state index in [1.54, 1.807) is 0 Å². The summed E-state index contributed by atoms with van der Waals surface area (Å²) in [6.45, 7) is 2.59. The minimum atomic E-state index is -0.519. The molecule has 6 nitrogen and oxygen atoms in total. The van der Waals surface area contributed by atoms with Crippen molar-refractivity contribution in [3.8, 4) is 5.75 Å². The summed E-state index contributed by atoms with van der Waals surface area (Å²) < 4.78 is 6.00. The lowest BCUT2D eigenvalue weighted by atomic mass is 10.2. The maximum absolute atomic E-state index is 12.5. The quantitative estimate of drug-likeness (QED) is 0.269. The van der Waals surface area contributed by atoms with E-state index in [0.29, 0.717) is 22.5 Å². The second-order valence-corrected chi connectivity index (χ2v) is 7.37. The Morgan fingerprint density at radius 1 is 1.22 bits per heavy atom. The van der Waals surface area contributed by atoms with E-state index in [4.69, 9.17) is 27.9 Å². The number of non-ortho nitro benzene ring substituents is 1. The van der Waals surface area contributed by atoms with E-state index in [0.717, 1.165) is 19.3 Å². The molecule has 0 saturated heterocycles. The molecule has 0 saturated carbocycles. The molecule has 0 radical (unpaired) electrons. The van der Waals surface area contributed by atoms with Crippen LogP contribution < -0.4 is 10.1 Å². The zero-order chi connectivity index (χ0) is 20.0. The molecule has 2 aromatic carbocycles. The van der Waals surface area contributed by atoms with Gasteiger partial charge in [-0.3, -0.25) is 14.9 Å². The van der Waals surface area contributed by atoms with E-state index in [-0.39, 0.29) is 21.3 Å². The molecule has 0 aliphatic carbocycles. The van der Waals surface area contributed by atoms with Crippen molar-refractivity contribution in [1.82, 2.24) is 0 Å². The Balaban J connectivity index is 2.14. The van der Waals surface area contributed by atoms with Crippen molar-refractivity contribution in [1.29, 1.82) is 0 Å². The molecule has 144 valence electrons. The van der Waals surface area contributed by atoms with Crippen LogP contribution in [0, 0.1) is 10.1 Å². The van der Waals surface area contributed by atoms with Gasteiger partial charge in [-0.25, -0.2) is 0 Å². The maximum Gasteiger partial charge on any atom is 0.270 e. The highest BCUT2D eigenvalue weighted by atomic mass is 79.9. The third-order valence-corrected chi connectivity index (χ3v) is 4.88. The molecule has 0 aliphatic rings. The van der Waals surface area contributed by atoms with E-state index in [2.05, 4.69) is 28.2 Å². The van der Waals surface area contributed by atoms with Crippen molar-refractivity contribution in [3.63, 3.8) is 0 Å². The van der Waals surface area contributed by atoms with E-state index in [1.807, 2.05) is 0 Å². The van der Waals surface area contributed by atoms with Crippen LogP contribution in [0.3, 0.4) is 0 Å². The molecule has 0 spiro atoms. The lowest BCUT2D eigenvalue weighted by molar-refractivity contribution is -0.384. The Labute approximate surface area is 175 Å². The number of ether oxygens (including phenoxy) is 1. The number of unbranched alkanes of at least 4 members (excludes halogenated alkanes) is 2. The summed E-state index contributed by atoms with van der Waals surface area (Å²) in [7, 11) is 0. The number of carbonyl (C=O) groups is 1. The Bertz CT molecular complexity index is 838. The maximum atomic E-state index is 12.5. The Hall–Kier alpha value is -1.83. The largest absolute Gasteiger partial charge is 0.490 e. The van der Waals surface area contributed by atoms with Crippen molar-refractivity contribution in [2.75, 3.05) is 11.9 Å². The molecular formula is C18H17BrCl2N2O4. The lowest BCUT2D eigenvalue weighted by Crippen LogP contribution is -2.12. The zero-order valence-corrected chi connectivity index (χ0v) is 17.5. The topological polar surface area (TPSA) is 81.5 Å². The molecule has 2 aromatic rings. The van der Waals surface area contributed by atoms with E-state index in [1.165, 1.54) is 30.3 Å². The van der Waals surface area contributed by atoms with Gasteiger partial charge in [-0.1, -0.05) is 43.0 Å². The van der Waals surface area contributed by atoms with Gasteiger partial charge < -0.3 is 10.1 Å². The number of carbonyl (C=O) groups excluding carboxylic acids is 1. The van der Waals surface area contributed by atoms with Crippen molar-refractivity contribution < 1.29 is 14.5 Å². The van der Waals surface area contributed by atoms with Gasteiger partial charge in [0.2, 0.25) is 0 Å². The molecule has 0 heterocycles. The number of nitro groups is 1. The number of rotatable bonds is 8. The summed E-state index contributed by atoms with van der Waals surface area (Å²) in [4.78, 5) is 22.7. The second kappa shape index (κ2) is 9.92. The third kappa shape index (κ3) is 5.82. The van der Waals surface area contributed by atoms with Crippen molar-refractivity contribution in [2.24, 2.45) is 0 Å². The van der Waals surface area contributed by atoms with Crippen LogP contribution in [0.15, 0.2) is 34.8 Å². The summed E-state index contributed by atoms with van der Waals surface area (Å²) in [5.74, 6) is -0.103. The smallest absolute Gasteiger partial charge is 0.270 e. The predicted molar refractivity (Wildman–Crippen MR) is 110 cm³/mol. The van der Waals surface area contributed by atoms with Crippen LogP contribution in [0.25, 0.3) is 0 Å². The summed E-state index contributed by atoms with van der Waals surface area (Å²) in [5, 5.41) is 13.9. The molecule has 0 unspecified atom stereocenters. The number of hydrogen-bond acceptors (Lipinski definition) is 4. The average molecular weight is 476 g/mol. The number of anilines is 1. The van der Waals surface area contributed by atoms with Crippen molar-refractivity contribution in [3.05, 3.63) is 60.5 Å². The second-order valence-electron chi connectivity index (χ2n) is 5.70. The van der Waals surface area contributed by atoms with Gasteiger partial charge in [0.1, 0.15) is 0 Å². The summed E-state index contributed by atoms with van der Waals surface area (Å²) in [6.07, 6.45) is 3.00. The van der Waals surface area contributed by atoms with Gasteiger partial charge in [0.25, 0.3) is 11.6 Å². The molecule has 0 atom stereocenters. The molecule has 0 fully saturated rings. The predicted octanol–water partition coefficient (Wildman–Crippen LogP) is 6.49. The van der Waals surface area contributed by atoms with Crippen LogP contribution in [0.4, 0.5) is 11.4 Å². The van der Waals surface area contributed by atoms with E-state index in [9.17, 15) is 14.9 Å². The molecule has 9 heteroatoms. The number of nitrogens with one attached hydrogen (secondary N) is 1. The Morgan fingerprint density at radius 2 is 1.89 bits per heavy atom. The molecule has 0 aliphatic heterocycles. The summed E-state index contributed by atoms with van der Waals surface area (Å²) >= 11 is 15.6. The highest BCUT2D eigenvalue weighted by molar-refractivity contribution is 9.10. The number of benzene rings is 2. The number of amides is 1. The number of nitrogens with zero attached hydrogens (tertiary/aromatic N) is 1. The number of nitro benzene ring substituents is 1. The molecule has 1 N–H and O–H groups in total. The first-order valence-corrected chi connectivity index (χ1v) is 9.75. The van der Waals surface area contributed by atoms with Gasteiger partial charge in [-0.15, -0.1) is 0 Å². The first-order valence-electron chi connectivity index (χ1n) is 8.20. The highest BCUT2D eigenvalue weighted by Gasteiger charge is 2.16. The Kier molecular flexibility index (Phi) is 7.89. The molecule has 0 bridgehead atoms. The van der Waals surface area contributed by atoms with Gasteiger partial charge in [-0.05, 0) is 40.5 Å². The molecule has 27 heavy (non-hydrogen) atoms. The normalized spacial score (nSPS) is 10.5. The first-order chi connectivity index (χ1) is 12.8. The average Bonchev–Trinajstić information content (AvgIpc) is 2.61. The van der Waals surface area contributed by atoms with Gasteiger partial charge in [-0.2, -0.15) is 0 Å². The fourth-order valence-corrected chi connectivity index (χ4v) is 3.33. The van der Waals surface area contributed by atoms with E-state index < -0.39 is 10.8 Å². The molecular weight excluding hydrogens is 459 g/mol. The fourth-order valence-electron chi connectivity index (χ4n) is 2.27. The molecule has 0 aromatic heterocycles. The summed E-state index contributed by atoms with van der Waals surface area (Å²) in [6, 6.07) is 6.99. The van der Waals surface area contributed by atoms with Crippen molar-refractivity contribution in [2.45, 2.75) is 26.2 Å². The van der Waals surface area contributed by atoms with Crippen LogP contribution in [0.5, 0.6) is 5.75 Å². The van der Waals surface area contributed by atoms with Crippen molar-refractivity contribution >= 4 is 56.4 Å². The molecule has 2 rings (SSSR count). The van der Waals surface area contributed by atoms with Crippen LogP contribution in [-0.4, -0.2) is 17.4 Å². The van der Waals surface area contributed by atoms with Gasteiger partial charge >= 0.3 is 0 Å². The minimum absolute atomic E-state index is 0.0875. The van der Waals surface area contributed by atoms with Crippen LogP contribution in [-0.2, 0) is 0 Å². The van der Waals surface area contributed by atoms with E-state index >= 15 is 0 Å². The van der Waals surface area contributed by atoms with Gasteiger partial charge in [0.15, 0.2) is 5.75 Å². The fraction of sp³-hybridized carbons (Fsp3) is 0.278. The van der Waals surface area contributed by atoms with Gasteiger partial charge in [0.05, 0.1) is 27.3 Å². The monoisotopic (exact) mass is 474 g/mol. The van der Waals surface area contributed by atoms with Crippen LogP contribution in [0.2, 0.25) is 10.0 Å². The standard InChI is InChI=1S/C18H17BrCl2N2O4/c1-2-3-4-7-27-17-14(20)8-11(9-15(17)21)18(24)22-16-6-5-12(23(25)26)10-13(16)19/h5-6,8-10H,2-4,7H2,1H3,(H,22,24). The molecule has 1 amide bonds. The number of halogens is 3. The Morgan fingerprint density at radius 3 is 2.44 bits per heavy atom. The van der Waals surface area contributed by atoms with Crippen LogP contribution >= 0.6 is 39.1 Å². The minimum Gasteiger partial charge on any atom is -0.490 e. The summed E-state index contributed by atoms with van der Waals surface area (Å²) in [5.41, 5.74) is 0.546. The number of hydrogen-bond donors (Lipinski definition) is 1. The highest BCUT2D eigenvalue weighted by Crippen LogP contribution is 2.35. The van der Waals surface area contributed by atoms with Gasteiger partial charge in [0, 0.05) is 22.2 Å². The first kappa shape index (κ1) is 21.5. The van der Waals surface area contributed by atoms with Crippen LogP contribution in [0.1, 0.15) is 36.5 Å². The lowest BCUT2D eigenvalue weighted by Gasteiger charge is -2.12. The third-order valence-electron chi connectivity index (χ3n) is 3.67.